The second kappa shape index (κ2) is 8.26. The fourth-order valence-electron chi connectivity index (χ4n) is 2.66. The van der Waals surface area contributed by atoms with Crippen LogP contribution in [0.3, 0.4) is 0 Å². The van der Waals surface area contributed by atoms with E-state index < -0.39 is 5.97 Å². The molecule has 3 N–H and O–H groups in total. The van der Waals surface area contributed by atoms with Crippen LogP contribution in [0.5, 0.6) is 0 Å². The summed E-state index contributed by atoms with van der Waals surface area (Å²) in [7, 11) is 0. The molecule has 7 nitrogen and oxygen atoms in total. The number of amides is 2. The Balaban J connectivity index is 1.66. The fraction of sp³-hybridized carbons (Fsp3) is 0.667. The number of carboxylic acid groups (broad SMARTS) is 1. The number of nitrogens with one attached hydrogen (secondary N) is 2. The van der Waals surface area contributed by atoms with E-state index in [0.29, 0.717) is 13.1 Å². The third-order valence-corrected chi connectivity index (χ3v) is 5.20. The summed E-state index contributed by atoms with van der Waals surface area (Å²) in [6.07, 6.45) is 4.40. The molecule has 0 atom stereocenters. The molecule has 1 saturated carbocycles. The molecular formula is C15H24N4O3S. The van der Waals surface area contributed by atoms with Crippen LogP contribution >= 0.6 is 11.3 Å². The normalized spacial score (nSPS) is 20.1. The number of carbonyl (C=O) groups is 2. The Hall–Kier alpha value is -1.67. The van der Waals surface area contributed by atoms with E-state index in [1.54, 1.807) is 11.3 Å². The van der Waals surface area contributed by atoms with Gasteiger partial charge in [0.15, 0.2) is 0 Å². The SMILES string of the molecule is CCc1cnc(CNC(=O)NC2CC(N(CC)CC(=O)O)C2)s1. The Bertz CT molecular complexity index is 543. The van der Waals surface area contributed by atoms with E-state index in [0.717, 1.165) is 24.3 Å². The van der Waals surface area contributed by atoms with Gasteiger partial charge in [0.1, 0.15) is 5.01 Å². The Morgan fingerprint density at radius 3 is 2.74 bits per heavy atom. The molecule has 2 amide bonds. The molecule has 0 saturated heterocycles. The minimum Gasteiger partial charge on any atom is -0.480 e. The predicted molar refractivity (Wildman–Crippen MR) is 88.6 cm³/mol. The number of thiazole rings is 1. The van der Waals surface area contributed by atoms with Gasteiger partial charge in [-0.15, -0.1) is 11.3 Å². The molecule has 0 spiro atoms. The van der Waals surface area contributed by atoms with E-state index >= 15 is 0 Å². The van der Waals surface area contributed by atoms with Gasteiger partial charge in [0.25, 0.3) is 0 Å². The number of likely N-dealkylation sites (N-methyl/N-ethyl adjacent to an activating group) is 1. The largest absolute Gasteiger partial charge is 0.480 e. The molecule has 1 heterocycles. The number of urea groups is 1. The number of carbonyl (C=O) groups excluding carboxylic acids is 1. The third kappa shape index (κ3) is 5.18. The van der Waals surface area contributed by atoms with Crippen molar-refractivity contribution in [2.75, 3.05) is 13.1 Å². The topological polar surface area (TPSA) is 94.6 Å². The highest BCUT2D eigenvalue weighted by Gasteiger charge is 2.34. The molecule has 23 heavy (non-hydrogen) atoms. The number of rotatable bonds is 8. The molecule has 1 aliphatic rings. The number of aryl methyl sites for hydroxylation is 1. The van der Waals surface area contributed by atoms with Crippen LogP contribution in [-0.4, -0.2) is 52.2 Å². The first-order valence-corrected chi connectivity index (χ1v) is 8.77. The second-order valence-electron chi connectivity index (χ2n) is 5.68. The van der Waals surface area contributed by atoms with Crippen molar-refractivity contribution in [2.45, 2.75) is 51.7 Å². The number of hydrogen-bond acceptors (Lipinski definition) is 5. The lowest BCUT2D eigenvalue weighted by molar-refractivity contribution is -0.139. The first-order chi connectivity index (χ1) is 11.0. The second-order valence-corrected chi connectivity index (χ2v) is 6.88. The van der Waals surface area contributed by atoms with Crippen LogP contribution < -0.4 is 10.6 Å². The van der Waals surface area contributed by atoms with Crippen LogP contribution in [0.1, 0.15) is 36.6 Å². The Kier molecular flexibility index (Phi) is 6.35. The fourth-order valence-corrected chi connectivity index (χ4v) is 3.46. The number of hydrogen-bond donors (Lipinski definition) is 3. The summed E-state index contributed by atoms with van der Waals surface area (Å²) in [4.78, 5) is 30.1. The summed E-state index contributed by atoms with van der Waals surface area (Å²) in [6, 6.07) is 0.167. The van der Waals surface area contributed by atoms with Gasteiger partial charge in [0.2, 0.25) is 0 Å². The lowest BCUT2D eigenvalue weighted by Gasteiger charge is -2.42. The average Bonchev–Trinajstić information content (AvgIpc) is 2.94. The lowest BCUT2D eigenvalue weighted by Crippen LogP contribution is -2.56. The van der Waals surface area contributed by atoms with Crippen molar-refractivity contribution in [3.63, 3.8) is 0 Å². The minimum atomic E-state index is -0.809. The minimum absolute atomic E-state index is 0.0594. The van der Waals surface area contributed by atoms with Gasteiger partial charge < -0.3 is 15.7 Å². The van der Waals surface area contributed by atoms with Crippen molar-refractivity contribution in [3.8, 4) is 0 Å². The molecule has 2 rings (SSSR count). The smallest absolute Gasteiger partial charge is 0.317 e. The molecular weight excluding hydrogens is 316 g/mol. The van der Waals surface area contributed by atoms with E-state index in [-0.39, 0.29) is 24.7 Å². The quantitative estimate of drug-likeness (QED) is 0.666. The van der Waals surface area contributed by atoms with Gasteiger partial charge in [-0.1, -0.05) is 13.8 Å². The summed E-state index contributed by atoms with van der Waals surface area (Å²) in [6.45, 7) is 5.24. The monoisotopic (exact) mass is 340 g/mol. The van der Waals surface area contributed by atoms with Crippen molar-refractivity contribution in [1.82, 2.24) is 20.5 Å². The van der Waals surface area contributed by atoms with Gasteiger partial charge >= 0.3 is 12.0 Å². The molecule has 0 aromatic carbocycles. The van der Waals surface area contributed by atoms with Crippen molar-refractivity contribution < 1.29 is 14.7 Å². The molecule has 1 fully saturated rings. The van der Waals surface area contributed by atoms with Crippen LogP contribution in [0.25, 0.3) is 0 Å². The van der Waals surface area contributed by atoms with E-state index in [9.17, 15) is 9.59 Å². The van der Waals surface area contributed by atoms with Gasteiger partial charge in [0, 0.05) is 23.2 Å². The molecule has 0 unspecified atom stereocenters. The van der Waals surface area contributed by atoms with E-state index in [1.807, 2.05) is 18.0 Å². The first kappa shape index (κ1) is 17.7. The van der Waals surface area contributed by atoms with Gasteiger partial charge in [-0.3, -0.25) is 9.69 Å². The van der Waals surface area contributed by atoms with E-state index in [4.69, 9.17) is 5.11 Å². The molecule has 1 aliphatic carbocycles. The number of nitrogens with zero attached hydrogens (tertiary/aromatic N) is 2. The molecule has 0 radical (unpaired) electrons. The van der Waals surface area contributed by atoms with Crippen LogP contribution in [-0.2, 0) is 17.8 Å². The Morgan fingerprint density at radius 1 is 1.43 bits per heavy atom. The van der Waals surface area contributed by atoms with Crippen LogP contribution in [0, 0.1) is 0 Å². The highest BCUT2D eigenvalue weighted by molar-refractivity contribution is 7.11. The van der Waals surface area contributed by atoms with Crippen LogP contribution in [0.15, 0.2) is 6.20 Å². The standard InChI is InChI=1S/C15H24N4O3S/c1-3-12-7-16-13(23-12)8-17-15(22)18-10-5-11(6-10)19(4-2)9-14(20)21/h7,10-11H,3-6,8-9H2,1-2H3,(H,20,21)(H2,17,18,22). The van der Waals surface area contributed by atoms with Crippen LogP contribution in [0.4, 0.5) is 4.79 Å². The number of aromatic nitrogens is 1. The van der Waals surface area contributed by atoms with Gasteiger partial charge in [-0.25, -0.2) is 9.78 Å². The van der Waals surface area contributed by atoms with Gasteiger partial charge in [-0.2, -0.15) is 0 Å². The first-order valence-electron chi connectivity index (χ1n) is 7.95. The van der Waals surface area contributed by atoms with Crippen molar-refractivity contribution >= 4 is 23.3 Å². The molecule has 1 aromatic heterocycles. The van der Waals surface area contributed by atoms with Crippen molar-refractivity contribution in [3.05, 3.63) is 16.1 Å². The number of carboxylic acids is 1. The maximum atomic E-state index is 11.9. The maximum Gasteiger partial charge on any atom is 0.317 e. The molecule has 0 bridgehead atoms. The molecule has 128 valence electrons. The van der Waals surface area contributed by atoms with Gasteiger partial charge in [0.05, 0.1) is 13.1 Å². The molecule has 1 aromatic rings. The molecule has 0 aliphatic heterocycles. The highest BCUT2D eigenvalue weighted by atomic mass is 32.1. The highest BCUT2D eigenvalue weighted by Crippen LogP contribution is 2.25. The zero-order chi connectivity index (χ0) is 16.8. The van der Waals surface area contributed by atoms with E-state index in [1.165, 1.54) is 4.88 Å². The Labute approximate surface area is 140 Å². The zero-order valence-electron chi connectivity index (χ0n) is 13.5. The van der Waals surface area contributed by atoms with Crippen molar-refractivity contribution in [2.24, 2.45) is 0 Å². The lowest BCUT2D eigenvalue weighted by atomic mass is 9.85. The summed E-state index contributed by atoms with van der Waals surface area (Å²) in [5.74, 6) is -0.809. The van der Waals surface area contributed by atoms with Crippen LogP contribution in [0.2, 0.25) is 0 Å². The summed E-state index contributed by atoms with van der Waals surface area (Å²) in [5, 5.41) is 15.5. The molecule has 8 heteroatoms. The summed E-state index contributed by atoms with van der Waals surface area (Å²) >= 11 is 1.61. The van der Waals surface area contributed by atoms with Gasteiger partial charge in [-0.05, 0) is 25.8 Å². The zero-order valence-corrected chi connectivity index (χ0v) is 14.4. The van der Waals surface area contributed by atoms with Crippen molar-refractivity contribution in [1.29, 1.82) is 0 Å². The maximum absolute atomic E-state index is 11.9. The van der Waals surface area contributed by atoms with E-state index in [2.05, 4.69) is 22.5 Å². The predicted octanol–water partition coefficient (Wildman–Crippen LogP) is 1.44. The Morgan fingerprint density at radius 2 is 2.17 bits per heavy atom. The summed E-state index contributed by atoms with van der Waals surface area (Å²) in [5.41, 5.74) is 0. The number of aliphatic carboxylic acids is 1. The summed E-state index contributed by atoms with van der Waals surface area (Å²) < 4.78 is 0. The average molecular weight is 340 g/mol. The third-order valence-electron chi connectivity index (χ3n) is 4.06.